The van der Waals surface area contributed by atoms with Crippen LogP contribution in [-0.2, 0) is 0 Å². The van der Waals surface area contributed by atoms with E-state index in [0.29, 0.717) is 12.8 Å². The molecule has 0 heterocycles. The van der Waals surface area contributed by atoms with Crippen LogP contribution in [-0.4, -0.2) is 11.2 Å². The van der Waals surface area contributed by atoms with Crippen LogP contribution in [0.25, 0.3) is 0 Å². The quantitative estimate of drug-likeness (QED) is 0.552. The molecule has 1 aliphatic rings. The van der Waals surface area contributed by atoms with Gasteiger partial charge < -0.3 is 5.11 Å². The van der Waals surface area contributed by atoms with E-state index in [1.165, 1.54) is 0 Å². The fourth-order valence-corrected chi connectivity index (χ4v) is 1.55. The zero-order valence-electron chi connectivity index (χ0n) is 9.02. The second-order valence-corrected chi connectivity index (χ2v) is 4.20. The van der Waals surface area contributed by atoms with Crippen LogP contribution in [0.15, 0.2) is 0 Å². The van der Waals surface area contributed by atoms with Gasteiger partial charge in [-0.1, -0.05) is 27.1 Å². The maximum atomic E-state index is 9.62. The maximum absolute atomic E-state index is 9.62. The van der Waals surface area contributed by atoms with E-state index < -0.39 is 12.5 Å². The van der Waals surface area contributed by atoms with Crippen molar-refractivity contribution in [2.45, 2.75) is 46.1 Å². The minimum atomic E-state index is -1.16. The third-order valence-electron chi connectivity index (χ3n) is 2.29. The third-order valence-corrected chi connectivity index (χ3v) is 2.29. The highest BCUT2D eigenvalue weighted by atomic mass is 16.3. The molecule has 0 aliphatic heterocycles. The summed E-state index contributed by atoms with van der Waals surface area (Å²) in [4.78, 5) is 0. The van der Waals surface area contributed by atoms with Crippen LogP contribution < -0.4 is 0 Å². The molecule has 0 amide bonds. The molecule has 0 saturated heterocycles. The molecule has 10 heavy (non-hydrogen) atoms. The SMILES string of the molecule is [2H]C1([2H])C[C@@H](O)[C@@H](C(C)(C)C)C1. The van der Waals surface area contributed by atoms with Crippen molar-refractivity contribution in [2.75, 3.05) is 0 Å². The summed E-state index contributed by atoms with van der Waals surface area (Å²) in [5.41, 5.74) is 0.0171. The molecular weight excluding hydrogens is 124 g/mol. The molecule has 0 aromatic rings. The molecule has 1 heteroatoms. The first-order valence-electron chi connectivity index (χ1n) is 4.90. The smallest absolute Gasteiger partial charge is 0.0573 e. The highest BCUT2D eigenvalue weighted by molar-refractivity contribution is 4.85. The average molecular weight is 144 g/mol. The predicted molar refractivity (Wildman–Crippen MR) is 42.8 cm³/mol. The van der Waals surface area contributed by atoms with Crippen LogP contribution in [0.1, 0.15) is 42.7 Å². The second-order valence-electron chi connectivity index (χ2n) is 4.20. The molecule has 1 nitrogen and oxygen atoms in total. The van der Waals surface area contributed by atoms with Crippen molar-refractivity contribution in [1.82, 2.24) is 0 Å². The summed E-state index contributed by atoms with van der Waals surface area (Å²) in [5.74, 6) is 0.104. The Morgan fingerprint density at radius 2 is 2.00 bits per heavy atom. The van der Waals surface area contributed by atoms with Crippen molar-refractivity contribution in [2.24, 2.45) is 11.3 Å². The van der Waals surface area contributed by atoms with E-state index in [1.54, 1.807) is 0 Å². The zero-order valence-corrected chi connectivity index (χ0v) is 7.02. The highest BCUT2D eigenvalue weighted by Gasteiger charge is 2.34. The number of aliphatic hydroxyl groups excluding tert-OH is 1. The summed E-state index contributed by atoms with van der Waals surface area (Å²) in [6, 6.07) is 0. The third kappa shape index (κ3) is 1.51. The molecule has 2 atom stereocenters. The van der Waals surface area contributed by atoms with E-state index in [9.17, 15) is 5.11 Å². The van der Waals surface area contributed by atoms with Crippen molar-refractivity contribution in [3.8, 4) is 0 Å². The number of hydrogen-bond acceptors (Lipinski definition) is 1. The Bertz CT molecular complexity index is 172. The molecule has 60 valence electrons. The lowest BCUT2D eigenvalue weighted by atomic mass is 9.79. The van der Waals surface area contributed by atoms with Gasteiger partial charge in [-0.15, -0.1) is 0 Å². The fraction of sp³-hybridized carbons (Fsp3) is 1.00. The van der Waals surface area contributed by atoms with Crippen LogP contribution in [0.5, 0.6) is 0 Å². The van der Waals surface area contributed by atoms with Gasteiger partial charge >= 0.3 is 0 Å². The Hall–Kier alpha value is -0.0400. The van der Waals surface area contributed by atoms with Gasteiger partial charge in [0.15, 0.2) is 0 Å². The molecule has 0 aromatic carbocycles. The van der Waals surface area contributed by atoms with Gasteiger partial charge in [-0.25, -0.2) is 0 Å². The minimum absolute atomic E-state index is 0.0171. The summed E-state index contributed by atoms with van der Waals surface area (Å²) in [6.45, 7) is 6.17. The minimum Gasteiger partial charge on any atom is -0.393 e. The van der Waals surface area contributed by atoms with Gasteiger partial charge in [-0.05, 0) is 24.2 Å². The van der Waals surface area contributed by atoms with E-state index in [2.05, 4.69) is 20.8 Å². The summed E-state index contributed by atoms with van der Waals surface area (Å²) in [7, 11) is 0. The van der Waals surface area contributed by atoms with Crippen LogP contribution in [0.3, 0.4) is 0 Å². The second kappa shape index (κ2) is 2.54. The molecule has 1 N–H and O–H groups in total. The average Bonchev–Trinajstić information content (AvgIpc) is 2.03. The fourth-order valence-electron chi connectivity index (χ4n) is 1.55. The summed E-state index contributed by atoms with van der Waals surface area (Å²) in [6.07, 6.45) is -0.816. The Kier molecular flexibility index (Phi) is 1.42. The van der Waals surface area contributed by atoms with Gasteiger partial charge in [-0.2, -0.15) is 0 Å². The first kappa shape index (κ1) is 5.59. The number of aliphatic hydroxyl groups is 1. The van der Waals surface area contributed by atoms with Crippen molar-refractivity contribution < 1.29 is 7.85 Å². The van der Waals surface area contributed by atoms with E-state index in [-0.39, 0.29) is 11.3 Å². The number of hydrogen-bond donors (Lipinski definition) is 1. The van der Waals surface area contributed by atoms with Crippen molar-refractivity contribution >= 4 is 0 Å². The first-order valence-corrected chi connectivity index (χ1v) is 3.90. The Balaban J connectivity index is 2.71. The molecule has 0 spiro atoms. The van der Waals surface area contributed by atoms with Gasteiger partial charge in [0.05, 0.1) is 6.10 Å². The molecule has 0 aromatic heterocycles. The molecule has 0 radical (unpaired) electrons. The molecule has 1 aliphatic carbocycles. The van der Waals surface area contributed by atoms with Gasteiger partial charge in [0, 0.05) is 2.74 Å². The van der Waals surface area contributed by atoms with Crippen LogP contribution >= 0.6 is 0 Å². The first-order chi connectivity index (χ1) is 5.22. The molecule has 1 fully saturated rings. The summed E-state index contributed by atoms with van der Waals surface area (Å²) >= 11 is 0. The topological polar surface area (TPSA) is 20.2 Å². The van der Waals surface area contributed by atoms with Gasteiger partial charge in [0.1, 0.15) is 0 Å². The van der Waals surface area contributed by atoms with Gasteiger partial charge in [0.25, 0.3) is 0 Å². The Morgan fingerprint density at radius 3 is 2.20 bits per heavy atom. The Morgan fingerprint density at radius 1 is 1.40 bits per heavy atom. The lowest BCUT2D eigenvalue weighted by molar-refractivity contribution is 0.0684. The monoisotopic (exact) mass is 144 g/mol. The summed E-state index contributed by atoms with van der Waals surface area (Å²) < 4.78 is 15.1. The molecule has 0 unspecified atom stereocenters. The van der Waals surface area contributed by atoms with E-state index in [0.717, 1.165) is 0 Å². The largest absolute Gasteiger partial charge is 0.393 e. The van der Waals surface area contributed by atoms with Crippen molar-refractivity contribution in [3.63, 3.8) is 0 Å². The Labute approximate surface area is 66.3 Å². The lowest BCUT2D eigenvalue weighted by Crippen LogP contribution is -2.27. The van der Waals surface area contributed by atoms with Gasteiger partial charge in [0.2, 0.25) is 0 Å². The van der Waals surface area contributed by atoms with Crippen LogP contribution in [0, 0.1) is 11.3 Å². The van der Waals surface area contributed by atoms with Crippen LogP contribution in [0.4, 0.5) is 0 Å². The molecule has 1 saturated carbocycles. The van der Waals surface area contributed by atoms with E-state index in [1.807, 2.05) is 0 Å². The van der Waals surface area contributed by atoms with E-state index in [4.69, 9.17) is 2.74 Å². The predicted octanol–water partition coefficient (Wildman–Crippen LogP) is 2.19. The molecular formula is C9H18O. The van der Waals surface area contributed by atoms with Gasteiger partial charge in [-0.3, -0.25) is 0 Å². The van der Waals surface area contributed by atoms with Crippen LogP contribution in [0.2, 0.25) is 0 Å². The van der Waals surface area contributed by atoms with E-state index >= 15 is 0 Å². The zero-order chi connectivity index (χ0) is 9.57. The van der Waals surface area contributed by atoms with Crippen molar-refractivity contribution in [3.05, 3.63) is 0 Å². The maximum Gasteiger partial charge on any atom is 0.0573 e. The molecule has 0 bridgehead atoms. The normalized spacial score (nSPS) is 42.8. The van der Waals surface area contributed by atoms with Crippen molar-refractivity contribution in [1.29, 1.82) is 0 Å². The number of rotatable bonds is 0. The highest BCUT2D eigenvalue weighted by Crippen LogP contribution is 2.38. The lowest BCUT2D eigenvalue weighted by Gasteiger charge is -2.29. The summed E-state index contributed by atoms with van der Waals surface area (Å²) in [5, 5.41) is 9.62. The standard InChI is InChI=1S/C9H18O/c1-9(2,3)7-5-4-6-8(7)10/h7-8,10H,4-6H2,1-3H3/t7-,8+/m0/s1/i4D2. The molecule has 1 rings (SSSR count).